The summed E-state index contributed by atoms with van der Waals surface area (Å²) in [6.45, 7) is 2.92. The fraction of sp³-hybridized carbons (Fsp3) is 0.400. The normalized spacial score (nSPS) is 14.0. The third-order valence-electron chi connectivity index (χ3n) is 6.82. The third-order valence-corrected chi connectivity index (χ3v) is 7.70. The van der Waals surface area contributed by atoms with E-state index in [1.165, 1.54) is 44.2 Å². The van der Waals surface area contributed by atoms with E-state index in [9.17, 15) is 8.78 Å². The molecular weight excluding hydrogens is 508 g/mol. The summed E-state index contributed by atoms with van der Waals surface area (Å²) in [5, 5.41) is 0. The summed E-state index contributed by atoms with van der Waals surface area (Å²) in [4.78, 5) is 0. The number of benzene rings is 3. The maximum absolute atomic E-state index is 14.9. The second-order valence-corrected chi connectivity index (χ2v) is 10.4. The van der Waals surface area contributed by atoms with Gasteiger partial charge in [0.25, 0.3) is 0 Å². The molecule has 2 atom stereocenters. The van der Waals surface area contributed by atoms with E-state index in [2.05, 4.69) is 18.5 Å². The van der Waals surface area contributed by atoms with Crippen LogP contribution in [-0.2, 0) is 12.3 Å². The van der Waals surface area contributed by atoms with Crippen molar-refractivity contribution >= 4 is 18.5 Å². The van der Waals surface area contributed by atoms with Crippen molar-refractivity contribution in [3.63, 3.8) is 0 Å². The average molecular weight is 545 g/mol. The zero-order chi connectivity index (χ0) is 26.2. The summed E-state index contributed by atoms with van der Waals surface area (Å²) in [5.74, 6) is 0.327. The van der Waals surface area contributed by atoms with Gasteiger partial charge in [-0.25, -0.2) is 8.78 Å². The van der Waals surface area contributed by atoms with Crippen molar-refractivity contribution in [3.05, 3.63) is 76.9 Å². The smallest absolute Gasteiger partial charge is 0.190 e. The van der Waals surface area contributed by atoms with E-state index in [-0.39, 0.29) is 19.0 Å². The summed E-state index contributed by atoms with van der Waals surface area (Å²) in [5.41, 5.74) is 4.39. The van der Waals surface area contributed by atoms with Gasteiger partial charge in [0, 0.05) is 0 Å². The Bertz CT molecular complexity index is 1130. The van der Waals surface area contributed by atoms with Crippen LogP contribution in [0, 0.1) is 24.5 Å². The monoisotopic (exact) mass is 544 g/mol. The van der Waals surface area contributed by atoms with Crippen molar-refractivity contribution in [2.75, 3.05) is 19.8 Å². The zero-order valence-corrected chi connectivity index (χ0v) is 23.7. The maximum atomic E-state index is 14.9. The summed E-state index contributed by atoms with van der Waals surface area (Å²) in [6.07, 6.45) is 7.69. The lowest BCUT2D eigenvalue weighted by atomic mass is 9.90. The van der Waals surface area contributed by atoms with Crippen molar-refractivity contribution in [2.24, 2.45) is 5.92 Å². The van der Waals surface area contributed by atoms with Crippen molar-refractivity contribution in [1.82, 2.24) is 0 Å². The second-order valence-electron chi connectivity index (χ2n) is 9.63. The molecule has 7 heteroatoms. The van der Waals surface area contributed by atoms with Crippen molar-refractivity contribution < 1.29 is 23.0 Å². The van der Waals surface area contributed by atoms with Crippen LogP contribution in [0.2, 0.25) is 0 Å². The van der Waals surface area contributed by atoms with Gasteiger partial charge in [0.1, 0.15) is 24.7 Å². The van der Waals surface area contributed by atoms with E-state index in [1.54, 1.807) is 0 Å². The average Bonchev–Trinajstić information content (AvgIpc) is 2.92. The highest BCUT2D eigenvalue weighted by atomic mass is 31.0. The molecule has 37 heavy (non-hydrogen) atoms. The van der Waals surface area contributed by atoms with Crippen molar-refractivity contribution in [2.45, 2.75) is 51.4 Å². The van der Waals surface area contributed by atoms with Crippen molar-refractivity contribution in [3.8, 4) is 28.4 Å². The van der Waals surface area contributed by atoms with E-state index in [4.69, 9.17) is 14.2 Å². The van der Waals surface area contributed by atoms with E-state index in [1.807, 2.05) is 43.3 Å². The summed E-state index contributed by atoms with van der Waals surface area (Å²) < 4.78 is 47.2. The van der Waals surface area contributed by atoms with E-state index >= 15 is 0 Å². The van der Waals surface area contributed by atoms with Crippen molar-refractivity contribution in [1.29, 1.82) is 0 Å². The highest BCUT2D eigenvalue weighted by Crippen LogP contribution is 2.37. The van der Waals surface area contributed by atoms with Gasteiger partial charge in [-0.1, -0.05) is 37.0 Å². The molecule has 2 unspecified atom stereocenters. The fourth-order valence-electron chi connectivity index (χ4n) is 4.77. The molecule has 3 nitrogen and oxygen atoms in total. The molecule has 0 aromatic heterocycles. The molecule has 0 heterocycles. The van der Waals surface area contributed by atoms with Gasteiger partial charge >= 0.3 is 0 Å². The first kappa shape index (κ1) is 27.8. The Morgan fingerprint density at radius 1 is 0.730 bits per heavy atom. The lowest BCUT2D eigenvalue weighted by molar-refractivity contribution is 0.205. The Morgan fingerprint density at radius 2 is 1.30 bits per heavy atom. The van der Waals surface area contributed by atoms with Gasteiger partial charge in [0.2, 0.25) is 0 Å². The van der Waals surface area contributed by atoms with Crippen LogP contribution in [0.1, 0.15) is 48.8 Å². The van der Waals surface area contributed by atoms with Crippen LogP contribution in [0.25, 0.3) is 11.1 Å². The maximum Gasteiger partial charge on any atom is 0.190 e. The molecule has 0 N–H and O–H groups in total. The molecule has 0 bridgehead atoms. The molecule has 0 amide bonds. The number of rotatable bonds is 11. The second kappa shape index (κ2) is 13.5. The van der Waals surface area contributed by atoms with Gasteiger partial charge in [0.05, 0.1) is 6.61 Å². The van der Waals surface area contributed by atoms with Crippen LogP contribution in [-0.4, -0.2) is 19.8 Å². The molecule has 4 rings (SSSR count). The van der Waals surface area contributed by atoms with E-state index in [0.717, 1.165) is 34.6 Å². The van der Waals surface area contributed by atoms with Gasteiger partial charge in [-0.2, -0.15) is 0 Å². The molecule has 0 saturated heterocycles. The van der Waals surface area contributed by atoms with Crippen LogP contribution in [0.15, 0.2) is 48.5 Å². The predicted octanol–water partition coefficient (Wildman–Crippen LogP) is 8.11. The quantitative estimate of drug-likeness (QED) is 0.180. The lowest BCUT2D eigenvalue weighted by Gasteiger charge is -2.24. The number of hydrogen-bond acceptors (Lipinski definition) is 3. The number of hydrogen-bond donors (Lipinski definition) is 0. The Labute approximate surface area is 223 Å². The standard InChI is InChI=1S/C30H36F2O3P2/c1-20-7-9-26(10-8-20)33-11-12-34-30-27(31)15-23(16-28(30)32)22-13-24(18-36)29(25(14-22)19-37)35-17-21-5-3-2-4-6-21/h7-10,13-16,21H,2-6,11-12,17-19,36-37H2,1H3. The summed E-state index contributed by atoms with van der Waals surface area (Å²) >= 11 is 0. The first-order valence-electron chi connectivity index (χ1n) is 13.0. The van der Waals surface area contributed by atoms with Crippen LogP contribution in [0.4, 0.5) is 8.78 Å². The minimum Gasteiger partial charge on any atom is -0.493 e. The van der Waals surface area contributed by atoms with Crippen LogP contribution >= 0.6 is 18.5 Å². The minimum absolute atomic E-state index is 0.0303. The largest absolute Gasteiger partial charge is 0.493 e. The summed E-state index contributed by atoms with van der Waals surface area (Å²) in [7, 11) is 5.49. The minimum atomic E-state index is -0.734. The van der Waals surface area contributed by atoms with Gasteiger partial charge in [-0.05, 0) is 96.7 Å². The molecule has 1 saturated carbocycles. The number of aryl methyl sites for hydroxylation is 1. The highest BCUT2D eigenvalue weighted by Gasteiger charge is 2.19. The molecular formula is C30H36F2O3P2. The molecule has 1 fully saturated rings. The number of ether oxygens (including phenoxy) is 3. The number of halogens is 2. The summed E-state index contributed by atoms with van der Waals surface area (Å²) in [6, 6.07) is 14.2. The third kappa shape index (κ3) is 7.43. The molecule has 0 spiro atoms. The lowest BCUT2D eigenvalue weighted by Crippen LogP contribution is -2.16. The molecule has 1 aliphatic rings. The fourth-order valence-corrected chi connectivity index (χ4v) is 5.37. The first-order chi connectivity index (χ1) is 18.0. The predicted molar refractivity (Wildman–Crippen MR) is 153 cm³/mol. The Balaban J connectivity index is 1.46. The molecule has 198 valence electrons. The van der Waals surface area contributed by atoms with E-state index in [0.29, 0.717) is 29.6 Å². The topological polar surface area (TPSA) is 27.7 Å². The Hall–Kier alpha value is -2.22. The Morgan fingerprint density at radius 3 is 1.89 bits per heavy atom. The molecule has 3 aromatic carbocycles. The van der Waals surface area contributed by atoms with Gasteiger partial charge in [0.15, 0.2) is 17.4 Å². The van der Waals surface area contributed by atoms with Crippen LogP contribution in [0.5, 0.6) is 17.2 Å². The molecule has 3 aromatic rings. The Kier molecular flexibility index (Phi) is 10.2. The van der Waals surface area contributed by atoms with Crippen LogP contribution < -0.4 is 14.2 Å². The van der Waals surface area contributed by atoms with Gasteiger partial charge in [-0.3, -0.25) is 0 Å². The molecule has 1 aliphatic carbocycles. The highest BCUT2D eigenvalue weighted by molar-refractivity contribution is 7.15. The SMILES string of the molecule is Cc1ccc(OCCOc2c(F)cc(-c3cc(CP)c(OCC4CCCCC4)c(CP)c3)cc2F)cc1. The van der Waals surface area contributed by atoms with Gasteiger partial charge in [-0.15, -0.1) is 18.5 Å². The van der Waals surface area contributed by atoms with E-state index < -0.39 is 11.6 Å². The first-order valence-corrected chi connectivity index (χ1v) is 14.6. The van der Waals surface area contributed by atoms with Crippen LogP contribution in [0.3, 0.4) is 0 Å². The zero-order valence-electron chi connectivity index (χ0n) is 21.4. The van der Waals surface area contributed by atoms with Gasteiger partial charge < -0.3 is 14.2 Å². The molecule has 0 aliphatic heterocycles. The molecule has 0 radical (unpaired) electrons.